The van der Waals surface area contributed by atoms with Gasteiger partial charge in [-0.25, -0.2) is 0 Å². The number of alkyl halides is 1. The molecule has 0 aliphatic carbocycles. The fourth-order valence-corrected chi connectivity index (χ4v) is 1.50. The molecule has 0 radical (unpaired) electrons. The molecule has 0 saturated heterocycles. The third-order valence-corrected chi connectivity index (χ3v) is 4.11. The molecule has 0 spiro atoms. The van der Waals surface area contributed by atoms with Crippen LogP contribution >= 0.6 is 15.9 Å². The van der Waals surface area contributed by atoms with Crippen molar-refractivity contribution in [3.05, 3.63) is 0 Å². The van der Waals surface area contributed by atoms with Crippen LogP contribution in [0.15, 0.2) is 0 Å². The minimum atomic E-state index is 0.165. The number of ether oxygens (including phenoxy) is 3. The van der Waals surface area contributed by atoms with Crippen molar-refractivity contribution in [3.8, 4) is 0 Å². The summed E-state index contributed by atoms with van der Waals surface area (Å²) in [5, 5.41) is 0.955. The average Bonchev–Trinajstić information content (AvgIpc) is 2.32. The highest BCUT2D eigenvalue weighted by Gasteiger charge is 2.21. The second-order valence-corrected chi connectivity index (χ2v) is 5.15. The van der Waals surface area contributed by atoms with Gasteiger partial charge in [-0.3, -0.25) is 4.90 Å². The average molecular weight is 312 g/mol. The van der Waals surface area contributed by atoms with E-state index in [4.69, 9.17) is 14.2 Å². The zero-order chi connectivity index (χ0) is 13.1. The van der Waals surface area contributed by atoms with E-state index in [1.807, 2.05) is 0 Å². The number of hydrogen-bond donors (Lipinski definition) is 0. The monoisotopic (exact) mass is 311 g/mol. The van der Waals surface area contributed by atoms with Crippen molar-refractivity contribution in [2.45, 2.75) is 19.4 Å². The minimum absolute atomic E-state index is 0.165. The topological polar surface area (TPSA) is 30.9 Å². The van der Waals surface area contributed by atoms with Crippen LogP contribution in [0.1, 0.15) is 13.8 Å². The molecule has 5 heteroatoms. The Kier molecular flexibility index (Phi) is 10.5. The van der Waals surface area contributed by atoms with E-state index in [1.54, 1.807) is 7.11 Å². The Morgan fingerprint density at radius 3 is 2.06 bits per heavy atom. The molecule has 0 heterocycles. The number of likely N-dealkylation sites (N-methyl/N-ethyl adjacent to an activating group) is 1. The lowest BCUT2D eigenvalue weighted by Gasteiger charge is -2.33. The van der Waals surface area contributed by atoms with Gasteiger partial charge in [-0.1, -0.05) is 15.9 Å². The van der Waals surface area contributed by atoms with Gasteiger partial charge >= 0.3 is 0 Å². The molecule has 0 amide bonds. The number of rotatable bonds is 11. The molecule has 104 valence electrons. The molecule has 0 bridgehead atoms. The van der Waals surface area contributed by atoms with Crippen LogP contribution in [0.25, 0.3) is 0 Å². The molecule has 0 atom stereocenters. The Morgan fingerprint density at radius 2 is 1.53 bits per heavy atom. The Bertz CT molecular complexity index is 179. The normalized spacial score (nSPS) is 12.4. The van der Waals surface area contributed by atoms with Gasteiger partial charge in [0.1, 0.15) is 0 Å². The van der Waals surface area contributed by atoms with Crippen molar-refractivity contribution in [3.63, 3.8) is 0 Å². The molecule has 0 unspecified atom stereocenters. The van der Waals surface area contributed by atoms with Gasteiger partial charge in [0.05, 0.1) is 33.0 Å². The predicted octanol–water partition coefficient (Wildman–Crippen LogP) is 1.77. The number of nitrogens with zero attached hydrogens (tertiary/aromatic N) is 1. The predicted molar refractivity (Wildman–Crippen MR) is 74.0 cm³/mol. The molecule has 17 heavy (non-hydrogen) atoms. The first-order chi connectivity index (χ1) is 8.04. The molecule has 0 saturated carbocycles. The molecule has 0 N–H and O–H groups in total. The van der Waals surface area contributed by atoms with Crippen molar-refractivity contribution in [1.82, 2.24) is 4.90 Å². The lowest BCUT2D eigenvalue weighted by Crippen LogP contribution is -2.44. The Balaban J connectivity index is 3.34. The van der Waals surface area contributed by atoms with Crippen molar-refractivity contribution in [2.24, 2.45) is 0 Å². The number of halogens is 1. The highest BCUT2D eigenvalue weighted by Crippen LogP contribution is 2.14. The van der Waals surface area contributed by atoms with E-state index in [0.29, 0.717) is 26.4 Å². The molecular formula is C12H26BrNO3. The van der Waals surface area contributed by atoms with Crippen LogP contribution in [0, 0.1) is 0 Å². The molecular weight excluding hydrogens is 286 g/mol. The van der Waals surface area contributed by atoms with E-state index >= 15 is 0 Å². The highest BCUT2D eigenvalue weighted by atomic mass is 79.9. The van der Waals surface area contributed by atoms with Crippen LogP contribution in [0.3, 0.4) is 0 Å². The van der Waals surface area contributed by atoms with Crippen LogP contribution in [-0.2, 0) is 14.2 Å². The summed E-state index contributed by atoms with van der Waals surface area (Å²) in [6.45, 7) is 8.63. The van der Waals surface area contributed by atoms with E-state index in [2.05, 4.69) is 41.7 Å². The van der Waals surface area contributed by atoms with Gasteiger partial charge < -0.3 is 14.2 Å². The van der Waals surface area contributed by atoms with Crippen molar-refractivity contribution < 1.29 is 14.2 Å². The third kappa shape index (κ3) is 8.97. The molecule has 0 fully saturated rings. The maximum absolute atomic E-state index is 5.50. The zero-order valence-corrected chi connectivity index (χ0v) is 13.1. The summed E-state index contributed by atoms with van der Waals surface area (Å²) in [5.41, 5.74) is 0.165. The van der Waals surface area contributed by atoms with Gasteiger partial charge in [0.2, 0.25) is 0 Å². The van der Waals surface area contributed by atoms with Crippen molar-refractivity contribution in [2.75, 3.05) is 59.1 Å². The number of hydrogen-bond acceptors (Lipinski definition) is 4. The van der Waals surface area contributed by atoms with Crippen LogP contribution < -0.4 is 0 Å². The Hall–Kier alpha value is 0.320. The van der Waals surface area contributed by atoms with E-state index in [-0.39, 0.29) is 5.54 Å². The van der Waals surface area contributed by atoms with E-state index in [0.717, 1.165) is 18.5 Å². The molecule has 0 rings (SSSR count). The molecule has 4 nitrogen and oxygen atoms in total. The standard InChI is InChI=1S/C12H26BrNO3/c1-12(2,11-13)14(3)5-6-16-9-10-17-8-7-15-4/h5-11H2,1-4H3. The SMILES string of the molecule is COCCOCCOCCN(C)C(C)(C)CBr. The van der Waals surface area contributed by atoms with Crippen LogP contribution in [0.4, 0.5) is 0 Å². The maximum atomic E-state index is 5.50. The van der Waals surface area contributed by atoms with Gasteiger partial charge in [-0.2, -0.15) is 0 Å². The number of methoxy groups -OCH3 is 1. The van der Waals surface area contributed by atoms with Crippen molar-refractivity contribution in [1.29, 1.82) is 0 Å². The summed E-state index contributed by atoms with van der Waals surface area (Å²) in [7, 11) is 3.78. The first kappa shape index (κ1) is 17.3. The maximum Gasteiger partial charge on any atom is 0.0701 e. The van der Waals surface area contributed by atoms with Crippen LogP contribution in [0.2, 0.25) is 0 Å². The fourth-order valence-electron chi connectivity index (χ4n) is 1.07. The lowest BCUT2D eigenvalue weighted by molar-refractivity contribution is 0.0158. The first-order valence-electron chi connectivity index (χ1n) is 5.96. The molecule has 0 aromatic carbocycles. The molecule has 0 aromatic rings. The second kappa shape index (κ2) is 10.3. The smallest absolute Gasteiger partial charge is 0.0701 e. The largest absolute Gasteiger partial charge is 0.382 e. The second-order valence-electron chi connectivity index (χ2n) is 4.59. The first-order valence-corrected chi connectivity index (χ1v) is 7.08. The summed E-state index contributed by atoms with van der Waals surface area (Å²) < 4.78 is 15.7. The van der Waals surface area contributed by atoms with E-state index < -0.39 is 0 Å². The summed E-state index contributed by atoms with van der Waals surface area (Å²) in [4.78, 5) is 2.29. The zero-order valence-electron chi connectivity index (χ0n) is 11.5. The Morgan fingerprint density at radius 1 is 1.00 bits per heavy atom. The summed E-state index contributed by atoms with van der Waals surface area (Å²) in [6.07, 6.45) is 0. The molecule has 0 aliphatic rings. The van der Waals surface area contributed by atoms with Gasteiger partial charge in [0, 0.05) is 24.5 Å². The summed E-state index contributed by atoms with van der Waals surface area (Å²) in [6, 6.07) is 0. The summed E-state index contributed by atoms with van der Waals surface area (Å²) >= 11 is 3.52. The third-order valence-electron chi connectivity index (χ3n) is 2.74. The Labute approximate surface area is 114 Å². The van der Waals surface area contributed by atoms with Gasteiger partial charge in [-0.15, -0.1) is 0 Å². The fraction of sp³-hybridized carbons (Fsp3) is 1.00. The molecule has 0 aliphatic heterocycles. The van der Waals surface area contributed by atoms with Crippen LogP contribution in [-0.4, -0.2) is 69.5 Å². The van der Waals surface area contributed by atoms with Gasteiger partial charge in [-0.05, 0) is 20.9 Å². The van der Waals surface area contributed by atoms with Gasteiger partial charge in [0.15, 0.2) is 0 Å². The van der Waals surface area contributed by atoms with Crippen LogP contribution in [0.5, 0.6) is 0 Å². The minimum Gasteiger partial charge on any atom is -0.382 e. The lowest BCUT2D eigenvalue weighted by atomic mass is 10.1. The summed E-state index contributed by atoms with van der Waals surface area (Å²) in [5.74, 6) is 0. The van der Waals surface area contributed by atoms with E-state index in [9.17, 15) is 0 Å². The van der Waals surface area contributed by atoms with E-state index in [1.165, 1.54) is 0 Å². The highest BCUT2D eigenvalue weighted by molar-refractivity contribution is 9.09. The molecule has 0 aromatic heterocycles. The quantitative estimate of drug-likeness (QED) is 0.430. The van der Waals surface area contributed by atoms with Crippen molar-refractivity contribution >= 4 is 15.9 Å². The van der Waals surface area contributed by atoms with Gasteiger partial charge in [0.25, 0.3) is 0 Å².